The topological polar surface area (TPSA) is 102 Å². The SMILES string of the molecule is CC(OC(=O)CCSc1ccc(F)cc1)C(=O)Nc1ccc(S(=O)(=O)N2CCOCC2)cc1. The fraction of sp³-hybridized carbons (Fsp3) is 0.364. The second kappa shape index (κ2) is 11.6. The number of nitrogens with zero attached hydrogens (tertiary/aromatic N) is 1. The molecule has 1 heterocycles. The molecule has 2 aromatic carbocycles. The Hall–Kier alpha value is -2.47. The van der Waals surface area contributed by atoms with Crippen molar-refractivity contribution in [3.8, 4) is 0 Å². The quantitative estimate of drug-likeness (QED) is 0.421. The van der Waals surface area contributed by atoms with Gasteiger partial charge in [-0.2, -0.15) is 4.31 Å². The number of rotatable bonds is 9. The number of morpholine rings is 1. The molecule has 0 aromatic heterocycles. The molecule has 3 rings (SSSR count). The van der Waals surface area contributed by atoms with Crippen molar-refractivity contribution in [2.75, 3.05) is 37.4 Å². The normalized spacial score (nSPS) is 15.6. The van der Waals surface area contributed by atoms with Gasteiger partial charge in [-0.15, -0.1) is 11.8 Å². The lowest BCUT2D eigenvalue weighted by atomic mass is 10.3. The van der Waals surface area contributed by atoms with Crippen LogP contribution in [0.5, 0.6) is 0 Å². The fourth-order valence-electron chi connectivity index (χ4n) is 2.98. The summed E-state index contributed by atoms with van der Waals surface area (Å²) in [5.41, 5.74) is 0.385. The molecular weight excluding hydrogens is 471 g/mol. The number of ether oxygens (including phenoxy) is 2. The third kappa shape index (κ3) is 7.26. The van der Waals surface area contributed by atoms with E-state index in [1.54, 1.807) is 12.1 Å². The van der Waals surface area contributed by atoms with Gasteiger partial charge in [0.25, 0.3) is 5.91 Å². The Kier molecular flexibility index (Phi) is 8.84. The third-order valence-electron chi connectivity index (χ3n) is 4.80. The molecule has 0 saturated carbocycles. The molecule has 1 unspecified atom stereocenters. The first-order valence-electron chi connectivity index (χ1n) is 10.3. The first-order chi connectivity index (χ1) is 15.8. The number of hydrogen-bond acceptors (Lipinski definition) is 7. The van der Waals surface area contributed by atoms with Crippen LogP contribution in [-0.2, 0) is 29.1 Å². The Bertz CT molecular complexity index is 1060. The van der Waals surface area contributed by atoms with E-state index >= 15 is 0 Å². The van der Waals surface area contributed by atoms with Gasteiger partial charge in [0, 0.05) is 29.4 Å². The number of amides is 1. The number of nitrogens with one attached hydrogen (secondary N) is 1. The number of sulfonamides is 1. The zero-order chi connectivity index (χ0) is 23.8. The van der Waals surface area contributed by atoms with Gasteiger partial charge < -0.3 is 14.8 Å². The van der Waals surface area contributed by atoms with Crippen molar-refractivity contribution >= 4 is 39.3 Å². The average molecular weight is 497 g/mol. The van der Waals surface area contributed by atoms with E-state index in [9.17, 15) is 22.4 Å². The van der Waals surface area contributed by atoms with Crippen LogP contribution in [0.4, 0.5) is 10.1 Å². The molecule has 1 amide bonds. The molecule has 8 nitrogen and oxygen atoms in total. The lowest BCUT2D eigenvalue weighted by molar-refractivity contribution is -0.152. The molecule has 33 heavy (non-hydrogen) atoms. The van der Waals surface area contributed by atoms with Gasteiger partial charge in [-0.1, -0.05) is 0 Å². The van der Waals surface area contributed by atoms with Crippen molar-refractivity contribution in [3.05, 3.63) is 54.3 Å². The minimum absolute atomic E-state index is 0.0910. The molecular formula is C22H25FN2O6S2. The van der Waals surface area contributed by atoms with E-state index in [0.717, 1.165) is 4.90 Å². The molecule has 178 valence electrons. The van der Waals surface area contributed by atoms with Gasteiger partial charge in [0.2, 0.25) is 10.0 Å². The van der Waals surface area contributed by atoms with Crippen LogP contribution in [0.1, 0.15) is 13.3 Å². The van der Waals surface area contributed by atoms with Gasteiger partial charge >= 0.3 is 5.97 Å². The second-order valence-electron chi connectivity index (χ2n) is 7.21. The molecule has 1 aliphatic heterocycles. The zero-order valence-electron chi connectivity index (χ0n) is 18.0. The maximum atomic E-state index is 12.9. The molecule has 0 aliphatic carbocycles. The Balaban J connectivity index is 1.45. The van der Waals surface area contributed by atoms with Crippen LogP contribution in [0, 0.1) is 5.82 Å². The van der Waals surface area contributed by atoms with Crippen LogP contribution >= 0.6 is 11.8 Å². The van der Waals surface area contributed by atoms with E-state index in [-0.39, 0.29) is 17.1 Å². The summed E-state index contributed by atoms with van der Waals surface area (Å²) in [6, 6.07) is 11.7. The van der Waals surface area contributed by atoms with Crippen LogP contribution in [0.3, 0.4) is 0 Å². The van der Waals surface area contributed by atoms with Gasteiger partial charge in [-0.3, -0.25) is 9.59 Å². The van der Waals surface area contributed by atoms with E-state index in [1.165, 1.54) is 59.4 Å². The Labute approximate surface area is 196 Å². The molecule has 11 heteroatoms. The molecule has 1 atom stereocenters. The second-order valence-corrected chi connectivity index (χ2v) is 10.3. The highest BCUT2D eigenvalue weighted by atomic mass is 32.2. The summed E-state index contributed by atoms with van der Waals surface area (Å²) in [5.74, 6) is -0.956. The number of halogens is 1. The predicted molar refractivity (Wildman–Crippen MR) is 122 cm³/mol. The van der Waals surface area contributed by atoms with Gasteiger partial charge in [0.15, 0.2) is 6.10 Å². The predicted octanol–water partition coefficient (Wildman–Crippen LogP) is 2.90. The Morgan fingerprint density at radius 2 is 1.76 bits per heavy atom. The van der Waals surface area contributed by atoms with E-state index in [4.69, 9.17) is 9.47 Å². The van der Waals surface area contributed by atoms with Crippen LogP contribution in [0.15, 0.2) is 58.3 Å². The molecule has 0 radical (unpaired) electrons. The summed E-state index contributed by atoms with van der Waals surface area (Å²) in [5, 5.41) is 2.61. The maximum Gasteiger partial charge on any atom is 0.307 e. The lowest BCUT2D eigenvalue weighted by Gasteiger charge is -2.26. The largest absolute Gasteiger partial charge is 0.453 e. The number of benzene rings is 2. The fourth-order valence-corrected chi connectivity index (χ4v) is 5.22. The lowest BCUT2D eigenvalue weighted by Crippen LogP contribution is -2.40. The molecule has 1 N–H and O–H groups in total. The van der Waals surface area contributed by atoms with Crippen LogP contribution < -0.4 is 5.32 Å². The van der Waals surface area contributed by atoms with Crippen molar-refractivity contribution in [2.45, 2.75) is 29.2 Å². The van der Waals surface area contributed by atoms with Gasteiger partial charge in [0.1, 0.15) is 5.82 Å². The smallest absolute Gasteiger partial charge is 0.307 e. The summed E-state index contributed by atoms with van der Waals surface area (Å²) in [6.45, 7) is 2.76. The van der Waals surface area contributed by atoms with Crippen molar-refractivity contribution in [1.82, 2.24) is 4.31 Å². The number of carbonyl (C=O) groups is 2. The molecule has 1 fully saturated rings. The highest BCUT2D eigenvalue weighted by Gasteiger charge is 2.26. The number of hydrogen-bond donors (Lipinski definition) is 1. The first kappa shape index (κ1) is 25.2. The van der Waals surface area contributed by atoms with Crippen molar-refractivity contribution in [1.29, 1.82) is 0 Å². The van der Waals surface area contributed by atoms with E-state index in [0.29, 0.717) is 37.7 Å². The number of thioether (sulfide) groups is 1. The molecule has 0 bridgehead atoms. The van der Waals surface area contributed by atoms with E-state index in [1.807, 2.05) is 0 Å². The summed E-state index contributed by atoms with van der Waals surface area (Å²) in [7, 11) is -3.62. The average Bonchev–Trinajstić information content (AvgIpc) is 2.81. The minimum atomic E-state index is -3.62. The number of anilines is 1. The van der Waals surface area contributed by atoms with Crippen LogP contribution in [-0.4, -0.2) is 62.8 Å². The van der Waals surface area contributed by atoms with Crippen LogP contribution in [0.25, 0.3) is 0 Å². The van der Waals surface area contributed by atoms with E-state index < -0.39 is 28.0 Å². The Morgan fingerprint density at radius 3 is 2.39 bits per heavy atom. The highest BCUT2D eigenvalue weighted by molar-refractivity contribution is 7.99. The minimum Gasteiger partial charge on any atom is -0.453 e. The standard InChI is InChI=1S/C22H25FN2O6S2/c1-16(31-21(26)10-15-32-19-6-2-17(23)3-7-19)22(27)24-18-4-8-20(9-5-18)33(28,29)25-11-13-30-14-12-25/h2-9,16H,10-15H2,1H3,(H,24,27). The molecule has 1 aliphatic rings. The summed E-state index contributed by atoms with van der Waals surface area (Å²) < 4.78 is 49.9. The first-order valence-corrected chi connectivity index (χ1v) is 12.7. The monoisotopic (exact) mass is 496 g/mol. The summed E-state index contributed by atoms with van der Waals surface area (Å²) in [4.78, 5) is 25.3. The number of carbonyl (C=O) groups excluding carboxylic acids is 2. The molecule has 0 spiro atoms. The number of esters is 1. The highest BCUT2D eigenvalue weighted by Crippen LogP contribution is 2.21. The Morgan fingerprint density at radius 1 is 1.12 bits per heavy atom. The zero-order valence-corrected chi connectivity index (χ0v) is 19.7. The summed E-state index contributed by atoms with van der Waals surface area (Å²) >= 11 is 1.38. The molecule has 2 aromatic rings. The van der Waals surface area contributed by atoms with Gasteiger partial charge in [-0.05, 0) is 55.5 Å². The van der Waals surface area contributed by atoms with E-state index in [2.05, 4.69) is 5.32 Å². The third-order valence-corrected chi connectivity index (χ3v) is 7.72. The maximum absolute atomic E-state index is 12.9. The summed E-state index contributed by atoms with van der Waals surface area (Å²) in [6.07, 6.45) is -0.932. The molecule has 1 saturated heterocycles. The van der Waals surface area contributed by atoms with Gasteiger partial charge in [0.05, 0.1) is 24.5 Å². The van der Waals surface area contributed by atoms with Crippen molar-refractivity contribution < 1.29 is 31.9 Å². The van der Waals surface area contributed by atoms with Crippen molar-refractivity contribution in [2.24, 2.45) is 0 Å². The van der Waals surface area contributed by atoms with Crippen LogP contribution in [0.2, 0.25) is 0 Å². The van der Waals surface area contributed by atoms with Gasteiger partial charge in [-0.25, -0.2) is 12.8 Å². The van der Waals surface area contributed by atoms with Crippen molar-refractivity contribution in [3.63, 3.8) is 0 Å².